The number of hydrogen-bond acceptors (Lipinski definition) is 0. The van der Waals surface area contributed by atoms with Gasteiger partial charge in [0.25, 0.3) is 0 Å². The summed E-state index contributed by atoms with van der Waals surface area (Å²) in [5.41, 5.74) is 18.9. The molecule has 0 amide bonds. The zero-order valence-corrected chi connectivity index (χ0v) is 31.8. The van der Waals surface area contributed by atoms with Crippen molar-refractivity contribution in [1.29, 1.82) is 0 Å². The van der Waals surface area contributed by atoms with E-state index in [0.29, 0.717) is 0 Å². The molecule has 59 heavy (non-hydrogen) atoms. The molecule has 4 aromatic heterocycles. The average Bonchev–Trinajstić information content (AvgIpc) is 4.02. The Bertz CT molecular complexity index is 3930. The van der Waals surface area contributed by atoms with Gasteiger partial charge in [-0.15, -0.1) is 0 Å². The van der Waals surface area contributed by atoms with E-state index < -0.39 is 0 Å². The van der Waals surface area contributed by atoms with Gasteiger partial charge in [0.2, 0.25) is 0 Å². The minimum Gasteiger partial charge on any atom is -0.375 e. The van der Waals surface area contributed by atoms with Crippen LogP contribution in [0.4, 0.5) is 0 Å². The van der Waals surface area contributed by atoms with Gasteiger partial charge in [0, 0.05) is 76.7 Å². The highest BCUT2D eigenvalue weighted by Gasteiger charge is 2.41. The molecule has 0 fully saturated rings. The molecule has 0 unspecified atom stereocenters. The molecule has 0 saturated heterocycles. The van der Waals surface area contributed by atoms with Crippen LogP contribution in [0, 0.1) is 0 Å². The third kappa shape index (κ3) is 3.60. The molecular weight excluding hydrogens is 715 g/mol. The molecule has 0 radical (unpaired) electrons. The zero-order chi connectivity index (χ0) is 38.1. The number of nitrogens with zero attached hydrogens (tertiary/aromatic N) is 4. The van der Waals surface area contributed by atoms with Gasteiger partial charge in [-0.1, -0.05) is 121 Å². The lowest BCUT2D eigenvalue weighted by molar-refractivity contribution is 1.17. The molecule has 270 valence electrons. The van der Waals surface area contributed by atoms with Crippen LogP contribution >= 0.6 is 0 Å². The normalized spacial score (nSPS) is 13.1. The van der Waals surface area contributed by atoms with Crippen molar-refractivity contribution in [3.05, 3.63) is 188 Å². The van der Waals surface area contributed by atoms with Gasteiger partial charge in [-0.3, -0.25) is 0 Å². The van der Waals surface area contributed by atoms with Gasteiger partial charge in [-0.2, -0.15) is 0 Å². The summed E-state index contributed by atoms with van der Waals surface area (Å²) in [6.07, 6.45) is 0. The van der Waals surface area contributed by atoms with E-state index in [9.17, 15) is 0 Å². The lowest BCUT2D eigenvalue weighted by atomic mass is 9.45. The molecule has 9 aromatic carbocycles. The van der Waals surface area contributed by atoms with E-state index in [2.05, 4.69) is 206 Å². The fraction of sp³-hybridized carbons (Fsp3) is 0. The number of hydrogen-bond donors (Lipinski definition) is 0. The van der Waals surface area contributed by atoms with Gasteiger partial charge in [0.15, 0.2) is 0 Å². The van der Waals surface area contributed by atoms with E-state index in [-0.39, 0.29) is 6.85 Å². The highest BCUT2D eigenvalue weighted by Crippen LogP contribution is 2.46. The number of rotatable bonds is 2. The zero-order valence-electron chi connectivity index (χ0n) is 31.8. The Hall–Kier alpha value is -7.76. The van der Waals surface area contributed by atoms with Gasteiger partial charge < -0.3 is 18.2 Å². The molecule has 0 aliphatic carbocycles. The largest absolute Gasteiger partial charge is 0.375 e. The van der Waals surface area contributed by atoms with Gasteiger partial charge in [-0.25, -0.2) is 0 Å². The van der Waals surface area contributed by atoms with Crippen molar-refractivity contribution in [3.8, 4) is 28.2 Å². The molecule has 2 aliphatic heterocycles. The minimum atomic E-state index is 0.00684. The van der Waals surface area contributed by atoms with Crippen LogP contribution in [-0.2, 0) is 0 Å². The monoisotopic (exact) mass is 746 g/mol. The topological polar surface area (TPSA) is 19.7 Å². The fourth-order valence-electron chi connectivity index (χ4n) is 11.5. The Morgan fingerprint density at radius 2 is 0.814 bits per heavy atom. The summed E-state index contributed by atoms with van der Waals surface area (Å²) in [6, 6.07) is 70.4. The molecule has 6 heterocycles. The van der Waals surface area contributed by atoms with Gasteiger partial charge in [0.1, 0.15) is 0 Å². The maximum atomic E-state index is 2.69. The Labute approximate surface area is 338 Å². The molecule has 0 atom stereocenters. The summed E-state index contributed by atoms with van der Waals surface area (Å²) in [4.78, 5) is 0. The molecule has 0 spiro atoms. The fourth-order valence-corrected chi connectivity index (χ4v) is 11.5. The predicted molar refractivity (Wildman–Crippen MR) is 248 cm³/mol. The second kappa shape index (κ2) is 10.6. The summed E-state index contributed by atoms with van der Waals surface area (Å²) >= 11 is 0. The van der Waals surface area contributed by atoms with Gasteiger partial charge >= 0.3 is 6.85 Å². The smallest absolute Gasteiger partial charge is 0.333 e. The second-order valence-electron chi connectivity index (χ2n) is 16.4. The van der Waals surface area contributed by atoms with E-state index in [0.717, 1.165) is 0 Å². The van der Waals surface area contributed by atoms with Crippen molar-refractivity contribution in [2.45, 2.75) is 0 Å². The summed E-state index contributed by atoms with van der Waals surface area (Å²) in [5.74, 6) is 0. The van der Waals surface area contributed by atoms with Crippen LogP contribution in [0.1, 0.15) is 0 Å². The van der Waals surface area contributed by atoms with E-state index in [1.807, 2.05) is 0 Å². The van der Waals surface area contributed by atoms with Crippen LogP contribution in [-0.4, -0.2) is 25.0 Å². The van der Waals surface area contributed by atoms with Crippen LogP contribution in [0.25, 0.3) is 115 Å². The lowest BCUT2D eigenvalue weighted by Crippen LogP contribution is -2.55. The van der Waals surface area contributed by atoms with Crippen LogP contribution in [0.2, 0.25) is 0 Å². The van der Waals surface area contributed by atoms with Gasteiger partial charge in [-0.05, 0) is 83.2 Å². The Balaban J connectivity index is 1.13. The van der Waals surface area contributed by atoms with E-state index >= 15 is 0 Å². The highest BCUT2D eigenvalue weighted by atomic mass is 15.0. The van der Waals surface area contributed by atoms with Crippen LogP contribution in [0.15, 0.2) is 188 Å². The van der Waals surface area contributed by atoms with Crippen molar-refractivity contribution in [1.82, 2.24) is 18.2 Å². The number of aromatic nitrogens is 4. The molecule has 0 N–H and O–H groups in total. The van der Waals surface area contributed by atoms with Crippen molar-refractivity contribution >= 4 is 105 Å². The standard InChI is InChI=1S/C54H31BN4/c1-6-21-45-34(13-1)35-14-2-7-22-46(35)56(45)32-27-28-50-41(29-32)43-31-33(57-47-23-8-3-15-36(47)37-16-4-9-24-48(37)57)30-42-39-18-12-26-51-52(39)55(59(50)53(42)43)44-20-11-19-40-38-17-5-10-25-49(38)58(51)54(40)44/h1-31H. The maximum absolute atomic E-state index is 2.69. The van der Waals surface area contributed by atoms with Crippen molar-refractivity contribution in [3.63, 3.8) is 0 Å². The molecule has 0 saturated carbocycles. The first-order valence-corrected chi connectivity index (χ1v) is 20.6. The third-order valence-corrected chi connectivity index (χ3v) is 13.7. The molecular formula is C54H31BN4. The minimum absolute atomic E-state index is 0.00684. The molecule has 13 aromatic rings. The average molecular weight is 747 g/mol. The first-order valence-electron chi connectivity index (χ1n) is 20.6. The van der Waals surface area contributed by atoms with Crippen LogP contribution in [0.3, 0.4) is 0 Å². The van der Waals surface area contributed by atoms with Crippen molar-refractivity contribution in [2.75, 3.05) is 0 Å². The predicted octanol–water partition coefficient (Wildman–Crippen LogP) is 12.0. The quantitative estimate of drug-likeness (QED) is 0.157. The Kier molecular flexibility index (Phi) is 5.46. The van der Waals surface area contributed by atoms with Gasteiger partial charge in [0.05, 0.1) is 33.1 Å². The molecule has 0 bridgehead atoms. The number of benzene rings is 9. The summed E-state index contributed by atoms with van der Waals surface area (Å²) < 4.78 is 10.2. The van der Waals surface area contributed by atoms with E-state index in [1.165, 1.54) is 126 Å². The van der Waals surface area contributed by atoms with Crippen LogP contribution in [0.5, 0.6) is 0 Å². The highest BCUT2D eigenvalue weighted by molar-refractivity contribution is 6.90. The van der Waals surface area contributed by atoms with Crippen molar-refractivity contribution in [2.24, 2.45) is 0 Å². The number of para-hydroxylation sites is 6. The Morgan fingerprint density at radius 1 is 0.305 bits per heavy atom. The third-order valence-electron chi connectivity index (χ3n) is 13.7. The summed E-state index contributed by atoms with van der Waals surface area (Å²) in [6.45, 7) is 0.00684. The summed E-state index contributed by atoms with van der Waals surface area (Å²) in [5, 5.41) is 10.2. The SMILES string of the molecule is c1cc2c3c(c1)-n1c4ccccc4c4cccc(c41)B3n1c3ccc(-n4c5ccccc5c5ccccc54)cc3c3cc(-n4c5ccccc5c5ccccc54)cc-2c31. The number of fused-ring (bicyclic) bond motifs is 16. The van der Waals surface area contributed by atoms with Crippen molar-refractivity contribution < 1.29 is 0 Å². The van der Waals surface area contributed by atoms with Crippen LogP contribution < -0.4 is 10.9 Å². The first-order chi connectivity index (χ1) is 29.3. The summed E-state index contributed by atoms with van der Waals surface area (Å²) in [7, 11) is 0. The lowest BCUT2D eigenvalue weighted by Gasteiger charge is -2.34. The first kappa shape index (κ1) is 30.4. The van der Waals surface area contributed by atoms with E-state index in [4.69, 9.17) is 0 Å². The molecule has 2 aliphatic rings. The molecule has 15 rings (SSSR count). The molecule has 5 heteroatoms. The van der Waals surface area contributed by atoms with E-state index in [1.54, 1.807) is 0 Å². The molecule has 4 nitrogen and oxygen atoms in total. The second-order valence-corrected chi connectivity index (χ2v) is 16.4. The maximum Gasteiger partial charge on any atom is 0.333 e. The Morgan fingerprint density at radius 3 is 1.44 bits per heavy atom.